The van der Waals surface area contributed by atoms with E-state index in [1.165, 1.54) is 16.7 Å². The SMILES string of the molecule is Cc1cccc(C)c1CC1(O)CCOC(C(C)C)C1. The average Bonchev–Trinajstić information content (AvgIpc) is 2.34. The van der Waals surface area contributed by atoms with E-state index in [-0.39, 0.29) is 6.10 Å². The summed E-state index contributed by atoms with van der Waals surface area (Å²) >= 11 is 0. The van der Waals surface area contributed by atoms with Gasteiger partial charge in [0.05, 0.1) is 11.7 Å². The third kappa shape index (κ3) is 3.37. The molecule has 1 N–H and O–H groups in total. The van der Waals surface area contributed by atoms with Crippen LogP contribution in [-0.4, -0.2) is 23.4 Å². The van der Waals surface area contributed by atoms with Crippen LogP contribution in [0.2, 0.25) is 0 Å². The number of hydrogen-bond donors (Lipinski definition) is 1. The number of aryl methyl sites for hydroxylation is 2. The van der Waals surface area contributed by atoms with Gasteiger partial charge in [0.15, 0.2) is 0 Å². The van der Waals surface area contributed by atoms with Crippen molar-refractivity contribution in [2.75, 3.05) is 6.61 Å². The first-order valence-electron chi connectivity index (χ1n) is 7.30. The zero-order valence-electron chi connectivity index (χ0n) is 12.6. The van der Waals surface area contributed by atoms with E-state index < -0.39 is 5.60 Å². The minimum atomic E-state index is -0.607. The maximum absolute atomic E-state index is 10.9. The van der Waals surface area contributed by atoms with Gasteiger partial charge in [0.1, 0.15) is 0 Å². The summed E-state index contributed by atoms with van der Waals surface area (Å²) in [5.41, 5.74) is 3.25. The van der Waals surface area contributed by atoms with E-state index in [9.17, 15) is 5.11 Å². The lowest BCUT2D eigenvalue weighted by atomic mass is 9.80. The highest BCUT2D eigenvalue weighted by molar-refractivity contribution is 5.34. The molecule has 1 aliphatic rings. The average molecular weight is 262 g/mol. The van der Waals surface area contributed by atoms with Crippen LogP contribution in [0.3, 0.4) is 0 Å². The third-order valence-electron chi connectivity index (χ3n) is 4.37. The fourth-order valence-corrected chi connectivity index (χ4v) is 2.98. The number of rotatable bonds is 3. The summed E-state index contributed by atoms with van der Waals surface area (Å²) in [7, 11) is 0. The van der Waals surface area contributed by atoms with Crippen LogP contribution in [0.1, 0.15) is 43.4 Å². The lowest BCUT2D eigenvalue weighted by molar-refractivity contribution is -0.116. The summed E-state index contributed by atoms with van der Waals surface area (Å²) in [6, 6.07) is 6.34. The van der Waals surface area contributed by atoms with Crippen molar-refractivity contribution >= 4 is 0 Å². The Morgan fingerprint density at radius 1 is 1.32 bits per heavy atom. The molecule has 1 aliphatic heterocycles. The molecule has 19 heavy (non-hydrogen) atoms. The van der Waals surface area contributed by atoms with Gasteiger partial charge in [-0.15, -0.1) is 0 Å². The van der Waals surface area contributed by atoms with Crippen molar-refractivity contribution in [3.8, 4) is 0 Å². The summed E-state index contributed by atoms with van der Waals surface area (Å²) in [5.74, 6) is 0.463. The predicted molar refractivity (Wildman–Crippen MR) is 78.4 cm³/mol. The Morgan fingerprint density at radius 3 is 2.53 bits per heavy atom. The Labute approximate surface area is 116 Å². The van der Waals surface area contributed by atoms with Gasteiger partial charge in [-0.2, -0.15) is 0 Å². The van der Waals surface area contributed by atoms with Gasteiger partial charge >= 0.3 is 0 Å². The van der Waals surface area contributed by atoms with E-state index in [1.54, 1.807) is 0 Å². The molecule has 1 fully saturated rings. The molecular formula is C17H26O2. The molecule has 0 spiro atoms. The van der Waals surface area contributed by atoms with Crippen LogP contribution in [-0.2, 0) is 11.2 Å². The van der Waals surface area contributed by atoms with Crippen molar-refractivity contribution in [1.82, 2.24) is 0 Å². The van der Waals surface area contributed by atoms with E-state index in [4.69, 9.17) is 4.74 Å². The molecule has 2 unspecified atom stereocenters. The molecule has 0 radical (unpaired) electrons. The van der Waals surface area contributed by atoms with Crippen LogP contribution in [0.15, 0.2) is 18.2 Å². The summed E-state index contributed by atoms with van der Waals surface area (Å²) in [5, 5.41) is 10.9. The largest absolute Gasteiger partial charge is 0.389 e. The Balaban J connectivity index is 2.17. The summed E-state index contributed by atoms with van der Waals surface area (Å²) in [6.07, 6.45) is 2.42. The number of aliphatic hydroxyl groups is 1. The molecule has 1 saturated heterocycles. The molecule has 0 saturated carbocycles. The molecule has 1 heterocycles. The lowest BCUT2D eigenvalue weighted by Crippen LogP contribution is -2.44. The second-order valence-corrected chi connectivity index (χ2v) is 6.38. The monoisotopic (exact) mass is 262 g/mol. The van der Waals surface area contributed by atoms with E-state index >= 15 is 0 Å². The van der Waals surface area contributed by atoms with Crippen LogP contribution in [0.25, 0.3) is 0 Å². The topological polar surface area (TPSA) is 29.5 Å². The van der Waals surface area contributed by atoms with Gasteiger partial charge in [-0.3, -0.25) is 0 Å². The molecular weight excluding hydrogens is 236 g/mol. The quantitative estimate of drug-likeness (QED) is 0.904. The second kappa shape index (κ2) is 5.64. The highest BCUT2D eigenvalue weighted by Gasteiger charge is 2.36. The first-order valence-corrected chi connectivity index (χ1v) is 7.30. The molecule has 0 aromatic heterocycles. The Hall–Kier alpha value is -0.860. The Morgan fingerprint density at radius 2 is 1.95 bits per heavy atom. The lowest BCUT2D eigenvalue weighted by Gasteiger charge is -2.39. The minimum Gasteiger partial charge on any atom is -0.389 e. The molecule has 0 amide bonds. The summed E-state index contributed by atoms with van der Waals surface area (Å²) < 4.78 is 5.77. The number of benzene rings is 1. The van der Waals surface area contributed by atoms with Crippen LogP contribution in [0.5, 0.6) is 0 Å². The molecule has 106 valence electrons. The van der Waals surface area contributed by atoms with Gasteiger partial charge in [-0.25, -0.2) is 0 Å². The molecule has 0 aliphatic carbocycles. The standard InChI is InChI=1S/C17H26O2/c1-12(2)16-11-17(18,8-9-19-16)10-15-13(3)6-5-7-14(15)4/h5-7,12,16,18H,8-11H2,1-4H3. The van der Waals surface area contributed by atoms with E-state index in [0.29, 0.717) is 12.5 Å². The van der Waals surface area contributed by atoms with Crippen molar-refractivity contribution in [1.29, 1.82) is 0 Å². The van der Waals surface area contributed by atoms with Crippen molar-refractivity contribution in [2.24, 2.45) is 5.92 Å². The first kappa shape index (κ1) is 14.5. The summed E-state index contributed by atoms with van der Waals surface area (Å²) in [4.78, 5) is 0. The van der Waals surface area contributed by atoms with Gasteiger partial charge in [-0.05, 0) is 42.9 Å². The van der Waals surface area contributed by atoms with Crippen molar-refractivity contribution in [2.45, 2.75) is 58.7 Å². The van der Waals surface area contributed by atoms with Crippen LogP contribution < -0.4 is 0 Å². The molecule has 1 aromatic carbocycles. The van der Waals surface area contributed by atoms with Crippen LogP contribution in [0, 0.1) is 19.8 Å². The summed E-state index contributed by atoms with van der Waals surface area (Å²) in [6.45, 7) is 9.25. The maximum Gasteiger partial charge on any atom is 0.0734 e. The zero-order chi connectivity index (χ0) is 14.0. The number of hydrogen-bond acceptors (Lipinski definition) is 2. The maximum atomic E-state index is 10.9. The minimum absolute atomic E-state index is 0.183. The number of ether oxygens (including phenoxy) is 1. The molecule has 2 atom stereocenters. The molecule has 2 nitrogen and oxygen atoms in total. The van der Waals surface area contributed by atoms with Crippen LogP contribution >= 0.6 is 0 Å². The molecule has 2 heteroatoms. The van der Waals surface area contributed by atoms with Crippen molar-refractivity contribution < 1.29 is 9.84 Å². The van der Waals surface area contributed by atoms with Crippen molar-refractivity contribution in [3.05, 3.63) is 34.9 Å². The predicted octanol–water partition coefficient (Wildman–Crippen LogP) is 3.41. The molecule has 2 rings (SSSR count). The van der Waals surface area contributed by atoms with Gasteiger partial charge in [0.25, 0.3) is 0 Å². The third-order valence-corrected chi connectivity index (χ3v) is 4.37. The van der Waals surface area contributed by atoms with Gasteiger partial charge < -0.3 is 9.84 Å². The van der Waals surface area contributed by atoms with E-state index in [0.717, 1.165) is 19.3 Å². The highest BCUT2D eigenvalue weighted by atomic mass is 16.5. The van der Waals surface area contributed by atoms with Gasteiger partial charge in [-0.1, -0.05) is 32.0 Å². The van der Waals surface area contributed by atoms with E-state index in [2.05, 4.69) is 45.9 Å². The van der Waals surface area contributed by atoms with Gasteiger partial charge in [0, 0.05) is 19.4 Å². The van der Waals surface area contributed by atoms with Crippen LogP contribution in [0.4, 0.5) is 0 Å². The Kier molecular flexibility index (Phi) is 4.32. The normalized spacial score (nSPS) is 27.8. The Bertz CT molecular complexity index is 419. The fraction of sp³-hybridized carbons (Fsp3) is 0.647. The highest BCUT2D eigenvalue weighted by Crippen LogP contribution is 2.32. The van der Waals surface area contributed by atoms with E-state index in [1.807, 2.05) is 0 Å². The second-order valence-electron chi connectivity index (χ2n) is 6.38. The van der Waals surface area contributed by atoms with Gasteiger partial charge in [0.2, 0.25) is 0 Å². The van der Waals surface area contributed by atoms with Crippen molar-refractivity contribution in [3.63, 3.8) is 0 Å². The smallest absolute Gasteiger partial charge is 0.0734 e. The molecule has 1 aromatic rings. The fourth-order valence-electron chi connectivity index (χ4n) is 2.98. The zero-order valence-corrected chi connectivity index (χ0v) is 12.6. The first-order chi connectivity index (χ1) is 8.91. The molecule has 0 bridgehead atoms.